The first-order valence-corrected chi connectivity index (χ1v) is 25.3. The van der Waals surface area contributed by atoms with E-state index in [2.05, 4.69) is 32.8 Å². The summed E-state index contributed by atoms with van der Waals surface area (Å²) in [5.41, 5.74) is 6.00. The topological polar surface area (TPSA) is 294 Å². The van der Waals surface area contributed by atoms with Crippen molar-refractivity contribution >= 4 is 43.3 Å². The SMILES string of the molecule is CCCCCCCCCCCCCCCCOC(COC(=O)CCC(=O)NC(C)C(=O)NC(Cc1cnc[nH]1)C(=O)NC(CCCCN)C(=O)O)C1OC(=O)C(OP(=O)(N(C)C)N(C)C)=C1O. The van der Waals surface area contributed by atoms with Gasteiger partial charge in [0.2, 0.25) is 17.7 Å². The Labute approximate surface area is 396 Å². The average Bonchev–Trinajstić information content (AvgIpc) is 3.90. The van der Waals surface area contributed by atoms with Gasteiger partial charge in [0.25, 0.3) is 5.76 Å². The molecule has 1 aromatic rings. The van der Waals surface area contributed by atoms with Gasteiger partial charge in [-0.3, -0.25) is 19.2 Å². The number of carbonyl (C=O) groups is 6. The van der Waals surface area contributed by atoms with Crippen LogP contribution in [-0.4, -0.2) is 143 Å². The van der Waals surface area contributed by atoms with E-state index in [0.29, 0.717) is 31.5 Å². The molecule has 8 N–H and O–H groups in total. The number of nitrogens with one attached hydrogen (secondary N) is 4. The van der Waals surface area contributed by atoms with E-state index in [0.717, 1.165) is 25.7 Å². The van der Waals surface area contributed by atoms with E-state index < -0.39 is 105 Å². The number of aromatic nitrogens is 2. The molecule has 5 atom stereocenters. The summed E-state index contributed by atoms with van der Waals surface area (Å²) in [6.45, 7) is 3.66. The molecule has 0 bridgehead atoms. The maximum Gasteiger partial charge on any atom is 0.395 e. The van der Waals surface area contributed by atoms with Crippen molar-refractivity contribution in [3.63, 3.8) is 0 Å². The number of carboxylic acid groups (broad SMARTS) is 1. The van der Waals surface area contributed by atoms with Crippen molar-refractivity contribution in [1.29, 1.82) is 0 Å². The Morgan fingerprint density at radius 1 is 0.851 bits per heavy atom. The number of H-pyrrole nitrogens is 1. The molecule has 1 aromatic heterocycles. The van der Waals surface area contributed by atoms with Crippen LogP contribution in [0.15, 0.2) is 24.0 Å². The number of ether oxygens (including phenoxy) is 3. The van der Waals surface area contributed by atoms with Crippen LogP contribution in [0.1, 0.15) is 142 Å². The van der Waals surface area contributed by atoms with Gasteiger partial charge in [-0.1, -0.05) is 90.4 Å². The highest BCUT2D eigenvalue weighted by molar-refractivity contribution is 7.54. The number of hydrogen-bond donors (Lipinski definition) is 7. The minimum atomic E-state index is -3.79. The number of carbonyl (C=O) groups excluding carboxylic acids is 5. The molecule has 1 aliphatic rings. The highest BCUT2D eigenvalue weighted by Gasteiger charge is 2.46. The van der Waals surface area contributed by atoms with Crippen molar-refractivity contribution in [3.8, 4) is 0 Å². The van der Waals surface area contributed by atoms with Gasteiger partial charge in [0, 0.05) is 31.3 Å². The highest BCUT2D eigenvalue weighted by Crippen LogP contribution is 2.53. The van der Waals surface area contributed by atoms with Crippen molar-refractivity contribution in [2.24, 2.45) is 5.73 Å². The Balaban J connectivity index is 1.98. The third-order valence-electron chi connectivity index (χ3n) is 11.2. The first-order valence-electron chi connectivity index (χ1n) is 23.8. The number of amides is 3. The molecule has 1 aliphatic heterocycles. The van der Waals surface area contributed by atoms with Crippen molar-refractivity contribution < 1.29 is 62.3 Å². The number of rotatable bonds is 38. The van der Waals surface area contributed by atoms with Gasteiger partial charge < -0.3 is 55.6 Å². The summed E-state index contributed by atoms with van der Waals surface area (Å²) in [4.78, 5) is 83.8. The van der Waals surface area contributed by atoms with Crippen LogP contribution in [0.5, 0.6) is 0 Å². The molecule has 0 aliphatic carbocycles. The van der Waals surface area contributed by atoms with E-state index in [1.54, 1.807) is 0 Å². The molecule has 0 spiro atoms. The first-order chi connectivity index (χ1) is 31.9. The number of nitrogens with two attached hydrogens (primary N) is 1. The van der Waals surface area contributed by atoms with Gasteiger partial charge >= 0.3 is 25.6 Å². The molecular formula is C45H79N8O13P. The van der Waals surface area contributed by atoms with Gasteiger partial charge in [0.05, 0.1) is 12.7 Å². The zero-order valence-corrected chi connectivity index (χ0v) is 41.5. The van der Waals surface area contributed by atoms with Crippen molar-refractivity contribution in [2.45, 2.75) is 173 Å². The number of imidazole rings is 1. The lowest BCUT2D eigenvalue weighted by atomic mass is 10.0. The van der Waals surface area contributed by atoms with Crippen LogP contribution in [0.25, 0.3) is 0 Å². The number of aromatic amines is 1. The summed E-state index contributed by atoms with van der Waals surface area (Å²) in [5.74, 6) is -6.67. The number of aliphatic carboxylic acids is 1. The maximum absolute atomic E-state index is 13.5. The molecule has 0 fully saturated rings. The summed E-state index contributed by atoms with van der Waals surface area (Å²) in [6, 6.07) is -3.62. The molecule has 382 valence electrons. The fourth-order valence-electron chi connectivity index (χ4n) is 7.18. The van der Waals surface area contributed by atoms with E-state index in [-0.39, 0.29) is 19.4 Å². The standard InChI is InChI=1S/C45H79N8O13P/c1-7-8-9-10-11-12-13-14-15-16-17-18-19-22-27-63-36(40-39(56)41(45(61)65-40)66-67(62,52(3)4)53(5)6)30-64-38(55)25-24-37(54)49-32(2)42(57)51-35(28-33-29-47-31-48-33)43(58)50-34(44(59)60)23-20-21-26-46/h29,31-32,34-36,40,56H,7-28,30,46H2,1-6H3,(H,47,48)(H,49,54)(H,50,58)(H,51,57)(H,59,60). The summed E-state index contributed by atoms with van der Waals surface area (Å²) >= 11 is 0. The smallest absolute Gasteiger partial charge is 0.395 e. The lowest BCUT2D eigenvalue weighted by molar-refractivity contribution is -0.159. The first kappa shape index (κ1) is 58.6. The summed E-state index contributed by atoms with van der Waals surface area (Å²) < 4.78 is 38.5. The van der Waals surface area contributed by atoms with Crippen molar-refractivity contribution in [2.75, 3.05) is 47.9 Å². The van der Waals surface area contributed by atoms with Crippen LogP contribution in [0.4, 0.5) is 0 Å². The molecule has 0 radical (unpaired) electrons. The molecule has 0 aromatic carbocycles. The van der Waals surface area contributed by atoms with Gasteiger partial charge in [-0.25, -0.2) is 28.5 Å². The van der Waals surface area contributed by atoms with E-state index in [1.165, 1.54) is 115 Å². The van der Waals surface area contributed by atoms with Gasteiger partial charge in [-0.05, 0) is 67.3 Å². The number of aliphatic hydroxyl groups is 1. The molecule has 67 heavy (non-hydrogen) atoms. The van der Waals surface area contributed by atoms with E-state index in [1.807, 2.05) is 0 Å². The number of carboxylic acids is 1. The second kappa shape index (κ2) is 32.2. The molecule has 22 heteroatoms. The second-order valence-corrected chi connectivity index (χ2v) is 20.1. The van der Waals surface area contributed by atoms with Gasteiger partial charge in [-0.2, -0.15) is 0 Å². The number of esters is 2. The number of hydrogen-bond acceptors (Lipinski definition) is 14. The Morgan fingerprint density at radius 2 is 1.43 bits per heavy atom. The molecule has 0 saturated carbocycles. The average molecular weight is 971 g/mol. The number of unbranched alkanes of at least 4 members (excludes halogenated alkanes) is 14. The Bertz CT molecular complexity index is 1730. The lowest BCUT2D eigenvalue weighted by Gasteiger charge is -2.29. The van der Waals surface area contributed by atoms with Crippen LogP contribution >= 0.6 is 7.67 Å². The summed E-state index contributed by atoms with van der Waals surface area (Å²) in [6.07, 6.45) is 16.8. The van der Waals surface area contributed by atoms with Gasteiger partial charge in [-0.15, -0.1) is 0 Å². The third kappa shape index (κ3) is 22.0. The van der Waals surface area contributed by atoms with Crippen LogP contribution < -0.4 is 21.7 Å². The normalized spacial score (nSPS) is 15.8. The Morgan fingerprint density at radius 3 is 1.97 bits per heavy atom. The van der Waals surface area contributed by atoms with Crippen molar-refractivity contribution in [1.82, 2.24) is 35.3 Å². The molecule has 0 saturated heterocycles. The fourth-order valence-corrected chi connectivity index (χ4v) is 8.62. The molecule has 5 unspecified atom stereocenters. The van der Waals surface area contributed by atoms with E-state index in [9.17, 15) is 43.5 Å². The van der Waals surface area contributed by atoms with Crippen LogP contribution in [0.3, 0.4) is 0 Å². The molecule has 2 rings (SSSR count). The molecule has 3 amide bonds. The highest BCUT2D eigenvalue weighted by atomic mass is 31.2. The summed E-state index contributed by atoms with van der Waals surface area (Å²) in [7, 11) is 2.16. The number of cyclic esters (lactones) is 1. The van der Waals surface area contributed by atoms with Crippen molar-refractivity contribution in [3.05, 3.63) is 29.7 Å². The monoisotopic (exact) mass is 971 g/mol. The van der Waals surface area contributed by atoms with E-state index in [4.69, 9.17) is 24.5 Å². The quantitative estimate of drug-likeness (QED) is 0.0267. The zero-order chi connectivity index (χ0) is 49.8. The Hall–Kier alpha value is -4.56. The fraction of sp³-hybridized carbons (Fsp3) is 0.756. The van der Waals surface area contributed by atoms with Crippen LogP contribution in [0, 0.1) is 0 Å². The van der Waals surface area contributed by atoms with Gasteiger partial charge in [0.1, 0.15) is 30.8 Å². The minimum Gasteiger partial charge on any atom is -0.505 e. The lowest BCUT2D eigenvalue weighted by Crippen LogP contribution is -2.55. The molecule has 21 nitrogen and oxygen atoms in total. The zero-order valence-electron chi connectivity index (χ0n) is 40.6. The largest absolute Gasteiger partial charge is 0.505 e. The molecule has 2 heterocycles. The van der Waals surface area contributed by atoms with E-state index >= 15 is 0 Å². The number of nitrogens with zero attached hydrogens (tertiary/aromatic N) is 3. The molecular weight excluding hydrogens is 892 g/mol. The maximum atomic E-state index is 13.5. The summed E-state index contributed by atoms with van der Waals surface area (Å²) in [5, 5.41) is 28.3. The Kier molecular flexibility index (Phi) is 28.2. The predicted octanol–water partition coefficient (Wildman–Crippen LogP) is 4.77. The second-order valence-electron chi connectivity index (χ2n) is 17.3. The third-order valence-corrected chi connectivity index (χ3v) is 13.7. The van der Waals surface area contributed by atoms with Crippen LogP contribution in [-0.2, 0) is 58.5 Å². The predicted molar refractivity (Wildman–Crippen MR) is 250 cm³/mol. The van der Waals surface area contributed by atoms with Crippen LogP contribution in [0.2, 0.25) is 0 Å². The van der Waals surface area contributed by atoms with Gasteiger partial charge in [0.15, 0.2) is 11.9 Å². The number of aliphatic hydroxyl groups excluding tert-OH is 1. The minimum absolute atomic E-state index is 0.0572.